The van der Waals surface area contributed by atoms with Gasteiger partial charge in [-0.05, 0) is 127 Å². The molecule has 0 amide bonds. The molecule has 0 bridgehead atoms. The van der Waals surface area contributed by atoms with Gasteiger partial charge in [0.05, 0.1) is 6.54 Å². The average molecular weight is 886 g/mol. The second-order valence-corrected chi connectivity index (χ2v) is 17.7. The molecule has 8 aromatic carbocycles. The van der Waals surface area contributed by atoms with E-state index in [1.165, 1.54) is 59.1 Å². The molecule has 0 N–H and O–H groups in total. The Balaban J connectivity index is 0.000000737. The second-order valence-electron chi connectivity index (χ2n) is 16.6. The van der Waals surface area contributed by atoms with Gasteiger partial charge in [0, 0.05) is 36.3 Å². The lowest BCUT2D eigenvalue weighted by Gasteiger charge is -2.14. The maximum absolute atomic E-state index is 6.51. The lowest BCUT2D eigenvalue weighted by Crippen LogP contribution is -2.21. The van der Waals surface area contributed by atoms with Crippen LogP contribution in [-0.4, -0.2) is 18.4 Å². The van der Waals surface area contributed by atoms with Crippen molar-refractivity contribution in [2.24, 2.45) is 15.0 Å². The topological polar surface area (TPSA) is 50.2 Å². The van der Waals surface area contributed by atoms with Crippen LogP contribution in [0.4, 0.5) is 0 Å². The highest BCUT2D eigenvalue weighted by Gasteiger charge is 2.13. The summed E-state index contributed by atoms with van der Waals surface area (Å²) in [6.45, 7) is 12.8. The van der Waals surface area contributed by atoms with Crippen molar-refractivity contribution in [3.8, 4) is 33.4 Å². The second kappa shape index (κ2) is 20.5. The highest BCUT2D eigenvalue weighted by atomic mass is 32.1. The molecule has 2 aromatic heterocycles. The largest absolute Gasteiger partial charge is 0.456 e. The first-order valence-electron chi connectivity index (χ1n) is 22.6. The summed E-state index contributed by atoms with van der Waals surface area (Å²) in [6, 6.07) is 65.9. The Bertz CT molecular complexity index is 3600. The highest BCUT2D eigenvalue weighted by molar-refractivity contribution is 7.25. The summed E-state index contributed by atoms with van der Waals surface area (Å²) in [4.78, 5) is 14.3. The zero-order valence-corrected chi connectivity index (χ0v) is 39.1. The first-order valence-corrected chi connectivity index (χ1v) is 23.4. The predicted octanol–water partition coefficient (Wildman–Crippen LogP) is 15.3. The molecule has 10 aromatic rings. The Morgan fingerprint density at radius 2 is 1.22 bits per heavy atom. The third-order valence-electron chi connectivity index (χ3n) is 11.9. The SMILES string of the molecule is C=NC(=NC(C=c1/c(=C\C=C/C)oc2ccc(-c3ccc(C)c(-c4ccc(-c5ccc6c(c5)sc5ccccc56)cc4C)c3)cc12)=NCc1ccccc1)c1ccccc1.Cc1ccccc1. The number of nitrogens with zero attached hydrogens (tertiary/aromatic N) is 3. The number of hydrogen-bond donors (Lipinski definition) is 0. The average Bonchev–Trinajstić information content (AvgIpc) is 3.92. The molecule has 0 aliphatic carbocycles. The van der Waals surface area contributed by atoms with Crippen molar-refractivity contribution in [3.63, 3.8) is 0 Å². The Morgan fingerprint density at radius 3 is 1.96 bits per heavy atom. The van der Waals surface area contributed by atoms with Crippen LogP contribution in [-0.2, 0) is 6.54 Å². The quantitative estimate of drug-likeness (QED) is 0.111. The van der Waals surface area contributed by atoms with E-state index in [-0.39, 0.29) is 0 Å². The number of thiophene rings is 1. The first-order chi connectivity index (χ1) is 32.8. The van der Waals surface area contributed by atoms with Crippen LogP contribution in [0.25, 0.3) is 76.7 Å². The van der Waals surface area contributed by atoms with E-state index in [4.69, 9.17) is 14.4 Å². The van der Waals surface area contributed by atoms with E-state index in [2.05, 4.69) is 154 Å². The van der Waals surface area contributed by atoms with Crippen LogP contribution >= 0.6 is 11.3 Å². The Labute approximate surface area is 396 Å². The Kier molecular flexibility index (Phi) is 13.5. The van der Waals surface area contributed by atoms with Crippen LogP contribution in [0.5, 0.6) is 0 Å². The molecule has 5 heteroatoms. The summed E-state index contributed by atoms with van der Waals surface area (Å²) in [5, 5.41) is 4.50. The summed E-state index contributed by atoms with van der Waals surface area (Å²) in [6.07, 6.45) is 7.98. The molecule has 0 aliphatic heterocycles. The van der Waals surface area contributed by atoms with Gasteiger partial charge in [0.15, 0.2) is 11.7 Å². The zero-order chi connectivity index (χ0) is 46.1. The monoisotopic (exact) mass is 885 g/mol. The molecule has 0 aliphatic rings. The molecule has 67 heavy (non-hydrogen) atoms. The summed E-state index contributed by atoms with van der Waals surface area (Å²) in [5.74, 6) is 1.02. The first kappa shape index (κ1) is 44.2. The third kappa shape index (κ3) is 10.1. The number of fused-ring (bicyclic) bond motifs is 4. The van der Waals surface area contributed by atoms with Gasteiger partial charge in [0.25, 0.3) is 0 Å². The van der Waals surface area contributed by atoms with Gasteiger partial charge < -0.3 is 4.42 Å². The molecule has 0 unspecified atom stereocenters. The van der Waals surface area contributed by atoms with Gasteiger partial charge in [-0.2, -0.15) is 0 Å². The number of rotatable bonds is 8. The maximum Gasteiger partial charge on any atom is 0.160 e. The van der Waals surface area contributed by atoms with E-state index in [0.717, 1.165) is 43.9 Å². The van der Waals surface area contributed by atoms with E-state index in [1.54, 1.807) is 0 Å². The summed E-state index contributed by atoms with van der Waals surface area (Å²) < 4.78 is 9.15. The van der Waals surface area contributed by atoms with E-state index in [1.807, 2.05) is 109 Å². The minimum Gasteiger partial charge on any atom is -0.456 e. The molecule has 0 atom stereocenters. The van der Waals surface area contributed by atoms with Gasteiger partial charge >= 0.3 is 0 Å². The smallest absolute Gasteiger partial charge is 0.160 e. The molecule has 0 radical (unpaired) electrons. The number of aliphatic imine (C=N–C) groups is 3. The molecule has 4 nitrogen and oxygen atoms in total. The van der Waals surface area contributed by atoms with Crippen molar-refractivity contribution in [1.29, 1.82) is 0 Å². The minimum absolute atomic E-state index is 0.456. The van der Waals surface area contributed by atoms with Gasteiger partial charge in [-0.25, -0.2) is 9.98 Å². The number of hydrogen-bond acceptors (Lipinski definition) is 3. The fourth-order valence-corrected chi connectivity index (χ4v) is 9.48. The predicted molar refractivity (Wildman–Crippen MR) is 289 cm³/mol. The summed E-state index contributed by atoms with van der Waals surface area (Å²) in [7, 11) is 0. The van der Waals surface area contributed by atoms with Gasteiger partial charge in [-0.1, -0.05) is 175 Å². The highest BCUT2D eigenvalue weighted by Crippen LogP contribution is 2.38. The van der Waals surface area contributed by atoms with E-state index >= 15 is 0 Å². The van der Waals surface area contributed by atoms with Crippen molar-refractivity contribution in [3.05, 3.63) is 239 Å². The Hall–Kier alpha value is -7.99. The molecule has 0 saturated heterocycles. The van der Waals surface area contributed by atoms with Gasteiger partial charge in [-0.3, -0.25) is 4.99 Å². The number of furan rings is 1. The molecule has 326 valence electrons. The zero-order valence-electron chi connectivity index (χ0n) is 38.3. The molecule has 2 heterocycles. The molecule has 0 spiro atoms. The van der Waals surface area contributed by atoms with Crippen LogP contribution in [0.15, 0.2) is 220 Å². The standard InChI is InChI=1S/C55H43N3OS.C7H8/c1-5-6-20-50-49(34-54(57-35-38-15-9-7-10-16-38)58-55(56-4)39-17-11-8-12-18-39)48-32-42(26-29-51(48)59-50)41-23-22-36(2)47(31-41)44-27-24-40(30-37(44)3)43-25-28-46-45-19-13-14-21-52(45)60-53(46)33-43;1-7-5-3-2-4-6-7/h5-34H,4,35H2,1-3H3;2-6H,1H3/b6-5-,49-34?,50-20+,57-54?,58-55?;. The Morgan fingerprint density at radius 1 is 0.582 bits per heavy atom. The maximum atomic E-state index is 6.51. The molecular weight excluding hydrogens is 835 g/mol. The van der Waals surface area contributed by atoms with Crippen molar-refractivity contribution < 1.29 is 4.42 Å². The van der Waals surface area contributed by atoms with E-state index in [9.17, 15) is 0 Å². The van der Waals surface area contributed by atoms with Gasteiger partial charge in [-0.15, -0.1) is 11.3 Å². The van der Waals surface area contributed by atoms with E-state index < -0.39 is 0 Å². The number of amidine groups is 2. The fourth-order valence-electron chi connectivity index (χ4n) is 8.33. The summed E-state index contributed by atoms with van der Waals surface area (Å²) in [5.41, 5.74) is 14.4. The van der Waals surface area contributed by atoms with Crippen molar-refractivity contribution in [2.45, 2.75) is 34.2 Å². The number of benzene rings is 8. The minimum atomic E-state index is 0.456. The number of aryl methyl sites for hydroxylation is 3. The molecule has 0 fully saturated rings. The number of allylic oxidation sites excluding steroid dienone is 2. The van der Waals surface area contributed by atoms with Crippen LogP contribution in [0, 0.1) is 20.8 Å². The van der Waals surface area contributed by atoms with Crippen LogP contribution in [0.2, 0.25) is 0 Å². The van der Waals surface area contributed by atoms with Crippen LogP contribution in [0.1, 0.15) is 34.7 Å². The molecule has 0 saturated carbocycles. The molecule has 10 rings (SSSR count). The molecular formula is C62H51N3OS. The van der Waals surface area contributed by atoms with Crippen LogP contribution in [0.3, 0.4) is 0 Å². The van der Waals surface area contributed by atoms with E-state index in [0.29, 0.717) is 18.2 Å². The fraction of sp³-hybridized carbons (Fsp3) is 0.0806. The van der Waals surface area contributed by atoms with Crippen molar-refractivity contribution in [1.82, 2.24) is 0 Å². The van der Waals surface area contributed by atoms with Gasteiger partial charge in [0.2, 0.25) is 0 Å². The normalized spacial score (nSPS) is 12.6. The lowest BCUT2D eigenvalue weighted by molar-refractivity contribution is 0.576. The van der Waals surface area contributed by atoms with Crippen molar-refractivity contribution in [2.75, 3.05) is 0 Å². The lowest BCUT2D eigenvalue weighted by atomic mass is 9.91. The van der Waals surface area contributed by atoms with Gasteiger partial charge in [0.1, 0.15) is 11.0 Å². The third-order valence-corrected chi connectivity index (χ3v) is 13.0. The van der Waals surface area contributed by atoms with Crippen molar-refractivity contribution >= 4 is 73.0 Å². The van der Waals surface area contributed by atoms with Crippen LogP contribution < -0.4 is 10.6 Å². The summed E-state index contributed by atoms with van der Waals surface area (Å²) >= 11 is 1.86.